The molecule has 3 heteroatoms. The van der Waals surface area contributed by atoms with Gasteiger partial charge in [-0.25, -0.2) is 0 Å². The summed E-state index contributed by atoms with van der Waals surface area (Å²) in [5.74, 6) is 0. The van der Waals surface area contributed by atoms with Crippen LogP contribution in [0.5, 0.6) is 0 Å². The summed E-state index contributed by atoms with van der Waals surface area (Å²) in [6.45, 7) is 4.28. The van der Waals surface area contributed by atoms with Gasteiger partial charge in [0.2, 0.25) is 6.41 Å². The molecule has 1 amide bonds. The van der Waals surface area contributed by atoms with E-state index in [-0.39, 0.29) is 0 Å². The van der Waals surface area contributed by atoms with Crippen LogP contribution >= 0.6 is 0 Å². The van der Waals surface area contributed by atoms with Crippen molar-refractivity contribution in [3.05, 3.63) is 0 Å². The average molecular weight is 145 g/mol. The quantitative estimate of drug-likeness (QED) is 0.454. The van der Waals surface area contributed by atoms with E-state index in [1.807, 2.05) is 6.92 Å². The second kappa shape index (κ2) is 5.23. The third-order valence-corrected chi connectivity index (χ3v) is 1.39. The number of carbonyl (C=O) groups excluding carboxylic acids is 1. The number of hydrogen-bond acceptors (Lipinski definition) is 2. The highest BCUT2D eigenvalue weighted by Crippen LogP contribution is 1.95. The highest BCUT2D eigenvalue weighted by atomic mass is 16.3. The molecule has 10 heavy (non-hydrogen) atoms. The zero-order chi connectivity index (χ0) is 7.98. The smallest absolute Gasteiger partial charge is 0.211 e. The fraction of sp³-hybridized carbons (Fsp3) is 0.857. The molecule has 0 radical (unpaired) electrons. The molecular weight excluding hydrogens is 130 g/mol. The summed E-state index contributed by atoms with van der Waals surface area (Å²) in [5, 5.41) is 8.93. The molecule has 3 nitrogen and oxygen atoms in total. The van der Waals surface area contributed by atoms with Gasteiger partial charge in [-0.2, -0.15) is 0 Å². The lowest BCUT2D eigenvalue weighted by atomic mass is 10.3. The van der Waals surface area contributed by atoms with Crippen molar-refractivity contribution in [1.82, 2.24) is 4.90 Å². The molecule has 0 spiro atoms. The van der Waals surface area contributed by atoms with Gasteiger partial charge in [0.25, 0.3) is 0 Å². The Labute approximate surface area is 61.6 Å². The fourth-order valence-corrected chi connectivity index (χ4v) is 0.668. The van der Waals surface area contributed by atoms with Crippen molar-refractivity contribution in [1.29, 1.82) is 0 Å². The monoisotopic (exact) mass is 145 g/mol. The van der Waals surface area contributed by atoms with E-state index in [4.69, 9.17) is 5.11 Å². The maximum atomic E-state index is 10.2. The Morgan fingerprint density at radius 1 is 1.70 bits per heavy atom. The van der Waals surface area contributed by atoms with Crippen LogP contribution in [-0.4, -0.2) is 29.2 Å². The number of rotatable bonds is 5. The van der Waals surface area contributed by atoms with E-state index in [0.717, 1.165) is 12.8 Å². The van der Waals surface area contributed by atoms with E-state index >= 15 is 0 Å². The molecule has 60 valence electrons. The summed E-state index contributed by atoms with van der Waals surface area (Å²) in [6.07, 6.45) is 2.02. The second-order valence-electron chi connectivity index (χ2n) is 2.33. The van der Waals surface area contributed by atoms with Gasteiger partial charge in [-0.05, 0) is 13.3 Å². The summed E-state index contributed by atoms with van der Waals surface area (Å²) in [6, 6.07) is 0. The molecule has 0 saturated heterocycles. The van der Waals surface area contributed by atoms with E-state index in [2.05, 4.69) is 0 Å². The lowest BCUT2D eigenvalue weighted by Gasteiger charge is -2.19. The van der Waals surface area contributed by atoms with Gasteiger partial charge in [0.05, 0.1) is 0 Å². The van der Waals surface area contributed by atoms with E-state index < -0.39 is 6.23 Å². The number of amides is 1. The number of hydrogen-bond donors (Lipinski definition) is 1. The SMILES string of the molecule is CCCCN(C=O)C(C)O. The first-order valence-corrected chi connectivity index (χ1v) is 3.61. The van der Waals surface area contributed by atoms with Crippen LogP contribution < -0.4 is 0 Å². The highest BCUT2D eigenvalue weighted by molar-refractivity contribution is 5.47. The molecule has 0 aliphatic heterocycles. The molecule has 1 unspecified atom stereocenters. The Bertz CT molecular complexity index is 93.6. The minimum absolute atomic E-state index is 0.649. The minimum Gasteiger partial charge on any atom is -0.374 e. The molecule has 0 aromatic heterocycles. The molecule has 0 aliphatic carbocycles. The first-order valence-electron chi connectivity index (χ1n) is 3.61. The second-order valence-corrected chi connectivity index (χ2v) is 2.33. The standard InChI is InChI=1S/C7H15NO2/c1-3-4-5-8(6-9)7(2)10/h6-7,10H,3-5H2,1-2H3. The fourth-order valence-electron chi connectivity index (χ4n) is 0.668. The van der Waals surface area contributed by atoms with Gasteiger partial charge in [-0.1, -0.05) is 13.3 Å². The van der Waals surface area contributed by atoms with Crippen LogP contribution in [-0.2, 0) is 4.79 Å². The zero-order valence-corrected chi connectivity index (χ0v) is 6.58. The average Bonchev–Trinajstić information content (AvgIpc) is 1.89. The van der Waals surface area contributed by atoms with Gasteiger partial charge in [-0.15, -0.1) is 0 Å². The van der Waals surface area contributed by atoms with Gasteiger partial charge in [0.1, 0.15) is 6.23 Å². The summed E-state index contributed by atoms with van der Waals surface area (Å²) < 4.78 is 0. The van der Waals surface area contributed by atoms with Gasteiger partial charge in [0.15, 0.2) is 0 Å². The maximum absolute atomic E-state index is 10.2. The van der Waals surface area contributed by atoms with Crippen molar-refractivity contribution in [2.45, 2.75) is 32.9 Å². The first kappa shape index (κ1) is 9.43. The Hall–Kier alpha value is -0.570. The van der Waals surface area contributed by atoms with Crippen LogP contribution in [0.4, 0.5) is 0 Å². The predicted molar refractivity (Wildman–Crippen MR) is 39.4 cm³/mol. The van der Waals surface area contributed by atoms with Crippen LogP contribution in [0.25, 0.3) is 0 Å². The molecule has 0 aliphatic rings. The Kier molecular flexibility index (Phi) is 4.94. The zero-order valence-electron chi connectivity index (χ0n) is 6.58. The normalized spacial score (nSPS) is 12.7. The van der Waals surface area contributed by atoms with Gasteiger partial charge < -0.3 is 10.0 Å². The molecule has 0 aromatic rings. The van der Waals surface area contributed by atoms with Crippen LogP contribution in [0.1, 0.15) is 26.7 Å². The van der Waals surface area contributed by atoms with Crippen molar-refractivity contribution in [2.24, 2.45) is 0 Å². The van der Waals surface area contributed by atoms with Gasteiger partial charge in [0, 0.05) is 6.54 Å². The first-order chi connectivity index (χ1) is 4.72. The van der Waals surface area contributed by atoms with Crippen LogP contribution in [0.15, 0.2) is 0 Å². The molecule has 0 saturated carbocycles. The summed E-state index contributed by atoms with van der Waals surface area (Å²) in [5.41, 5.74) is 0. The molecule has 0 rings (SSSR count). The Balaban J connectivity index is 3.50. The van der Waals surface area contributed by atoms with Crippen LogP contribution in [0.3, 0.4) is 0 Å². The molecule has 0 bridgehead atoms. The third kappa shape index (κ3) is 3.45. The Morgan fingerprint density at radius 2 is 2.30 bits per heavy atom. The summed E-state index contributed by atoms with van der Waals surface area (Å²) in [7, 11) is 0. The number of unbranched alkanes of at least 4 members (excludes halogenated alkanes) is 1. The number of carbonyl (C=O) groups is 1. The van der Waals surface area contributed by atoms with Gasteiger partial charge >= 0.3 is 0 Å². The minimum atomic E-state index is -0.649. The van der Waals surface area contributed by atoms with Crippen molar-refractivity contribution in [2.75, 3.05) is 6.54 Å². The highest BCUT2D eigenvalue weighted by Gasteiger charge is 2.04. The molecule has 1 atom stereocenters. The van der Waals surface area contributed by atoms with Crippen LogP contribution in [0, 0.1) is 0 Å². The molecule has 0 heterocycles. The van der Waals surface area contributed by atoms with E-state index in [1.165, 1.54) is 4.90 Å². The van der Waals surface area contributed by atoms with Crippen LogP contribution in [0.2, 0.25) is 0 Å². The third-order valence-electron chi connectivity index (χ3n) is 1.39. The van der Waals surface area contributed by atoms with Crippen molar-refractivity contribution < 1.29 is 9.90 Å². The molecule has 0 fully saturated rings. The van der Waals surface area contributed by atoms with Crippen molar-refractivity contribution in [3.63, 3.8) is 0 Å². The topological polar surface area (TPSA) is 40.5 Å². The maximum Gasteiger partial charge on any atom is 0.211 e. The molecule has 1 N–H and O–H groups in total. The van der Waals surface area contributed by atoms with E-state index in [0.29, 0.717) is 13.0 Å². The van der Waals surface area contributed by atoms with Crippen molar-refractivity contribution in [3.8, 4) is 0 Å². The largest absolute Gasteiger partial charge is 0.374 e. The van der Waals surface area contributed by atoms with E-state index in [1.54, 1.807) is 6.92 Å². The summed E-state index contributed by atoms with van der Waals surface area (Å²) in [4.78, 5) is 11.6. The number of nitrogens with zero attached hydrogens (tertiary/aromatic N) is 1. The van der Waals surface area contributed by atoms with Crippen molar-refractivity contribution >= 4 is 6.41 Å². The molecule has 0 aromatic carbocycles. The predicted octanol–water partition coefficient (Wildman–Crippen LogP) is 0.583. The Morgan fingerprint density at radius 3 is 2.60 bits per heavy atom. The molecular formula is C7H15NO2. The lowest BCUT2D eigenvalue weighted by Crippen LogP contribution is -2.32. The number of aliphatic hydroxyl groups is 1. The van der Waals surface area contributed by atoms with E-state index in [9.17, 15) is 4.79 Å². The van der Waals surface area contributed by atoms with Gasteiger partial charge in [-0.3, -0.25) is 4.79 Å². The number of aliphatic hydroxyl groups excluding tert-OH is 1. The lowest BCUT2D eigenvalue weighted by molar-refractivity contribution is -0.126. The summed E-state index contributed by atoms with van der Waals surface area (Å²) >= 11 is 0.